The largest absolute Gasteiger partial charge is 0.493 e. The predicted molar refractivity (Wildman–Crippen MR) is 75.0 cm³/mol. The summed E-state index contributed by atoms with van der Waals surface area (Å²) >= 11 is 0. The smallest absolute Gasteiger partial charge is 0.325 e. The summed E-state index contributed by atoms with van der Waals surface area (Å²) in [5.74, 6) is -0.507. The van der Waals surface area contributed by atoms with Crippen molar-refractivity contribution in [3.63, 3.8) is 0 Å². The fraction of sp³-hybridized carbons (Fsp3) is 0.214. The minimum atomic E-state index is -0.993. The number of carbonyl (C=O) groups excluding carboxylic acids is 1. The molecule has 0 saturated carbocycles. The Bertz CT molecular complexity index is 610. The number of nitrogens with zero attached hydrogens (tertiary/aromatic N) is 2. The Hall–Kier alpha value is -2.83. The van der Waals surface area contributed by atoms with Gasteiger partial charge in [-0.2, -0.15) is 5.10 Å². The van der Waals surface area contributed by atoms with Crippen LogP contribution < -0.4 is 10.1 Å². The van der Waals surface area contributed by atoms with E-state index in [4.69, 9.17) is 9.84 Å². The number of aromatic nitrogens is 2. The first kappa shape index (κ1) is 14.6. The number of carbonyl (C=O) groups is 2. The molecule has 1 heterocycles. The molecule has 21 heavy (non-hydrogen) atoms. The SMILES string of the molecule is O=C(O)Cn1cc(NC(=O)CCOc2ccccc2)cn1. The standard InChI is InChI=1S/C14H15N3O4/c18-13(6-7-21-12-4-2-1-3-5-12)16-11-8-15-17(9-11)10-14(19)20/h1-5,8-9H,6-7,10H2,(H,16,18)(H,19,20). The summed E-state index contributed by atoms with van der Waals surface area (Å²) in [6.45, 7) is 0.0199. The first-order chi connectivity index (χ1) is 10.1. The van der Waals surface area contributed by atoms with Crippen molar-refractivity contribution in [2.24, 2.45) is 0 Å². The Morgan fingerprint density at radius 3 is 2.76 bits per heavy atom. The van der Waals surface area contributed by atoms with Crippen LogP contribution in [-0.4, -0.2) is 33.4 Å². The first-order valence-electron chi connectivity index (χ1n) is 6.35. The summed E-state index contributed by atoms with van der Waals surface area (Å²) in [4.78, 5) is 22.2. The Morgan fingerprint density at radius 2 is 2.05 bits per heavy atom. The van der Waals surface area contributed by atoms with E-state index >= 15 is 0 Å². The molecule has 7 heteroatoms. The summed E-state index contributed by atoms with van der Waals surface area (Å²) in [6, 6.07) is 9.22. The van der Waals surface area contributed by atoms with Crippen molar-refractivity contribution in [1.29, 1.82) is 0 Å². The van der Waals surface area contributed by atoms with E-state index in [1.165, 1.54) is 17.1 Å². The molecule has 0 unspecified atom stereocenters. The molecule has 1 amide bonds. The van der Waals surface area contributed by atoms with Crippen LogP contribution in [0.3, 0.4) is 0 Å². The van der Waals surface area contributed by atoms with E-state index < -0.39 is 5.97 Å². The second-order valence-corrected chi connectivity index (χ2v) is 4.28. The van der Waals surface area contributed by atoms with E-state index in [1.807, 2.05) is 30.3 Å². The molecule has 0 saturated heterocycles. The number of para-hydroxylation sites is 1. The van der Waals surface area contributed by atoms with Crippen LogP contribution >= 0.6 is 0 Å². The number of benzene rings is 1. The minimum absolute atomic E-state index is 0.193. The number of hydrogen-bond donors (Lipinski definition) is 2. The average Bonchev–Trinajstić information content (AvgIpc) is 2.86. The highest BCUT2D eigenvalue weighted by Crippen LogP contribution is 2.09. The molecule has 110 valence electrons. The Labute approximate surface area is 121 Å². The Kier molecular flexibility index (Phi) is 4.92. The maximum absolute atomic E-state index is 11.7. The highest BCUT2D eigenvalue weighted by atomic mass is 16.5. The second kappa shape index (κ2) is 7.09. The zero-order valence-electron chi connectivity index (χ0n) is 11.2. The summed E-state index contributed by atoms with van der Waals surface area (Å²) in [5.41, 5.74) is 0.459. The van der Waals surface area contributed by atoms with Crippen LogP contribution in [0.15, 0.2) is 42.7 Å². The van der Waals surface area contributed by atoms with Crippen LogP contribution in [0.25, 0.3) is 0 Å². The molecule has 7 nitrogen and oxygen atoms in total. The lowest BCUT2D eigenvalue weighted by Crippen LogP contribution is -2.15. The molecule has 1 aromatic heterocycles. The lowest BCUT2D eigenvalue weighted by Gasteiger charge is -2.05. The van der Waals surface area contributed by atoms with Gasteiger partial charge in [0.15, 0.2) is 0 Å². The van der Waals surface area contributed by atoms with Crippen molar-refractivity contribution in [2.75, 3.05) is 11.9 Å². The van der Waals surface area contributed by atoms with E-state index in [9.17, 15) is 9.59 Å². The zero-order valence-corrected chi connectivity index (χ0v) is 11.2. The van der Waals surface area contributed by atoms with Gasteiger partial charge in [0.1, 0.15) is 12.3 Å². The number of amides is 1. The van der Waals surface area contributed by atoms with Crippen LogP contribution in [0.2, 0.25) is 0 Å². The van der Waals surface area contributed by atoms with Gasteiger partial charge in [0.05, 0.1) is 24.9 Å². The highest BCUT2D eigenvalue weighted by molar-refractivity contribution is 5.90. The molecule has 0 aliphatic rings. The van der Waals surface area contributed by atoms with Gasteiger partial charge in [0.2, 0.25) is 5.91 Å². The van der Waals surface area contributed by atoms with Crippen LogP contribution in [0, 0.1) is 0 Å². The van der Waals surface area contributed by atoms with Gasteiger partial charge in [-0.05, 0) is 12.1 Å². The average molecular weight is 289 g/mol. The van der Waals surface area contributed by atoms with Gasteiger partial charge in [-0.3, -0.25) is 14.3 Å². The van der Waals surface area contributed by atoms with E-state index in [1.54, 1.807) is 0 Å². The number of rotatable bonds is 7. The molecule has 0 aliphatic heterocycles. The van der Waals surface area contributed by atoms with Gasteiger partial charge < -0.3 is 15.2 Å². The van der Waals surface area contributed by atoms with Gasteiger partial charge in [-0.15, -0.1) is 0 Å². The number of hydrogen-bond acceptors (Lipinski definition) is 4. The van der Waals surface area contributed by atoms with E-state index in [-0.39, 0.29) is 25.5 Å². The Balaban J connectivity index is 1.74. The maximum Gasteiger partial charge on any atom is 0.325 e. The number of carboxylic acids is 1. The lowest BCUT2D eigenvalue weighted by atomic mass is 10.3. The van der Waals surface area contributed by atoms with Crippen molar-refractivity contribution < 1.29 is 19.4 Å². The number of aliphatic carboxylic acids is 1. The molecule has 2 N–H and O–H groups in total. The van der Waals surface area contributed by atoms with Crippen molar-refractivity contribution in [3.8, 4) is 5.75 Å². The van der Waals surface area contributed by atoms with Gasteiger partial charge in [-0.25, -0.2) is 0 Å². The Morgan fingerprint density at radius 1 is 1.29 bits per heavy atom. The van der Waals surface area contributed by atoms with Crippen LogP contribution in [0.5, 0.6) is 5.75 Å². The summed E-state index contributed by atoms with van der Waals surface area (Å²) in [7, 11) is 0. The topological polar surface area (TPSA) is 93.5 Å². The monoisotopic (exact) mass is 289 g/mol. The van der Waals surface area contributed by atoms with Crippen molar-refractivity contribution >= 4 is 17.6 Å². The van der Waals surface area contributed by atoms with E-state index in [2.05, 4.69) is 10.4 Å². The maximum atomic E-state index is 11.7. The molecule has 0 atom stereocenters. The van der Waals surface area contributed by atoms with Crippen molar-refractivity contribution in [2.45, 2.75) is 13.0 Å². The van der Waals surface area contributed by atoms with Gasteiger partial charge in [0, 0.05) is 6.20 Å². The van der Waals surface area contributed by atoms with Gasteiger partial charge >= 0.3 is 5.97 Å². The number of carboxylic acid groups (broad SMARTS) is 1. The van der Waals surface area contributed by atoms with E-state index in [0.717, 1.165) is 0 Å². The van der Waals surface area contributed by atoms with Gasteiger partial charge in [-0.1, -0.05) is 18.2 Å². The van der Waals surface area contributed by atoms with Gasteiger partial charge in [0.25, 0.3) is 0 Å². The third-order valence-corrected chi connectivity index (χ3v) is 2.56. The fourth-order valence-corrected chi connectivity index (χ4v) is 1.65. The third-order valence-electron chi connectivity index (χ3n) is 2.56. The number of anilines is 1. The first-order valence-corrected chi connectivity index (χ1v) is 6.35. The molecular weight excluding hydrogens is 274 g/mol. The number of nitrogens with one attached hydrogen (secondary N) is 1. The molecule has 0 radical (unpaired) electrons. The second-order valence-electron chi connectivity index (χ2n) is 4.28. The summed E-state index contributed by atoms with van der Waals surface area (Å²) < 4.78 is 6.65. The van der Waals surface area contributed by atoms with E-state index in [0.29, 0.717) is 11.4 Å². The third kappa shape index (κ3) is 4.98. The molecule has 1 aromatic carbocycles. The quantitative estimate of drug-likeness (QED) is 0.803. The van der Waals surface area contributed by atoms with Crippen molar-refractivity contribution in [1.82, 2.24) is 9.78 Å². The molecule has 0 spiro atoms. The molecule has 0 fully saturated rings. The molecule has 2 aromatic rings. The van der Waals surface area contributed by atoms with Crippen LogP contribution in [-0.2, 0) is 16.1 Å². The molecular formula is C14H15N3O4. The normalized spacial score (nSPS) is 10.1. The van der Waals surface area contributed by atoms with Crippen molar-refractivity contribution in [3.05, 3.63) is 42.7 Å². The minimum Gasteiger partial charge on any atom is -0.493 e. The zero-order chi connectivity index (χ0) is 15.1. The van der Waals surface area contributed by atoms with Crippen LogP contribution in [0.1, 0.15) is 6.42 Å². The lowest BCUT2D eigenvalue weighted by molar-refractivity contribution is -0.137. The molecule has 0 bridgehead atoms. The molecule has 0 aliphatic carbocycles. The molecule has 2 rings (SSSR count). The summed E-state index contributed by atoms with van der Waals surface area (Å²) in [5, 5.41) is 15.1. The predicted octanol–water partition coefficient (Wildman–Crippen LogP) is 1.38. The highest BCUT2D eigenvalue weighted by Gasteiger charge is 2.06. The number of ether oxygens (including phenoxy) is 1. The van der Waals surface area contributed by atoms with Crippen LogP contribution in [0.4, 0.5) is 5.69 Å². The fourth-order valence-electron chi connectivity index (χ4n) is 1.65. The summed E-state index contributed by atoms with van der Waals surface area (Å²) in [6.07, 6.45) is 3.06.